The lowest BCUT2D eigenvalue weighted by molar-refractivity contribution is -0.128. The third-order valence-electron chi connectivity index (χ3n) is 6.13. The number of aliphatic hydroxyl groups is 1. The molecule has 1 aliphatic heterocycles. The highest BCUT2D eigenvalue weighted by Crippen LogP contribution is 2.34. The molecule has 40 heavy (non-hydrogen) atoms. The molecule has 0 radical (unpaired) electrons. The number of carbonyl (C=O) groups excluding carboxylic acids is 2. The minimum atomic E-state index is -4.06. The Morgan fingerprint density at radius 1 is 1.10 bits per heavy atom. The number of alkyl halides is 1. The number of rotatable bonds is 14. The minimum Gasteiger partial charge on any atom is -0.454 e. The summed E-state index contributed by atoms with van der Waals surface area (Å²) in [6, 6.07) is 11.5. The van der Waals surface area contributed by atoms with Crippen molar-refractivity contribution >= 4 is 33.4 Å². The van der Waals surface area contributed by atoms with Crippen LogP contribution in [0.2, 0.25) is 0 Å². The Kier molecular flexibility index (Phi) is 11.2. The number of fused-ring (bicyclic) bond motifs is 1. The number of hydrogen-bond donors (Lipinski definition) is 3. The van der Waals surface area contributed by atoms with Gasteiger partial charge in [-0.25, -0.2) is 8.42 Å². The highest BCUT2D eigenvalue weighted by Gasteiger charge is 2.33. The van der Waals surface area contributed by atoms with Gasteiger partial charge in [-0.15, -0.1) is 23.9 Å². The minimum absolute atomic E-state index is 0.000137. The maximum absolute atomic E-state index is 13.7. The normalized spacial score (nSPS) is 14.8. The van der Waals surface area contributed by atoms with Crippen LogP contribution in [0.1, 0.15) is 25.8 Å². The van der Waals surface area contributed by atoms with Gasteiger partial charge in [-0.3, -0.25) is 9.59 Å². The second-order valence-electron chi connectivity index (χ2n) is 9.77. The van der Waals surface area contributed by atoms with Crippen LogP contribution in [-0.4, -0.2) is 73.6 Å². The van der Waals surface area contributed by atoms with E-state index >= 15 is 0 Å². The first kappa shape index (κ1) is 31.2. The van der Waals surface area contributed by atoms with E-state index in [0.29, 0.717) is 11.5 Å². The summed E-state index contributed by atoms with van der Waals surface area (Å²) >= 11 is 5.57. The fourth-order valence-electron chi connectivity index (χ4n) is 4.19. The SMILES string of the molecule is C#CC[C@H](NC(=O)CCl)C(=O)NC(Cc1ccccc1)C(O)CN(CC(C)C)S(=O)(=O)c1ccc2c(c1)OCO2. The Morgan fingerprint density at radius 2 is 1.80 bits per heavy atom. The first-order valence-electron chi connectivity index (χ1n) is 12.8. The number of amides is 2. The Hall–Kier alpha value is -3.30. The van der Waals surface area contributed by atoms with Gasteiger partial charge in [0.1, 0.15) is 11.9 Å². The van der Waals surface area contributed by atoms with E-state index in [2.05, 4.69) is 16.6 Å². The molecule has 0 aromatic heterocycles. The number of terminal acetylenes is 1. The molecule has 1 aliphatic rings. The molecular formula is C28H34ClN3O7S. The van der Waals surface area contributed by atoms with E-state index < -0.39 is 40.0 Å². The van der Waals surface area contributed by atoms with Crippen LogP contribution in [-0.2, 0) is 26.0 Å². The fourth-order valence-corrected chi connectivity index (χ4v) is 5.91. The van der Waals surface area contributed by atoms with Crippen molar-refractivity contribution in [2.24, 2.45) is 5.92 Å². The lowest BCUT2D eigenvalue weighted by Crippen LogP contribution is -2.55. The smallest absolute Gasteiger partial charge is 0.243 e. The Balaban J connectivity index is 1.88. The van der Waals surface area contributed by atoms with Crippen LogP contribution in [0.4, 0.5) is 0 Å². The van der Waals surface area contributed by atoms with E-state index in [1.807, 2.05) is 44.2 Å². The summed E-state index contributed by atoms with van der Waals surface area (Å²) in [5, 5.41) is 16.6. The number of ether oxygens (including phenoxy) is 2. The summed E-state index contributed by atoms with van der Waals surface area (Å²) in [7, 11) is -4.06. The third-order valence-corrected chi connectivity index (χ3v) is 8.20. The Bertz CT molecular complexity index is 1310. The molecule has 3 atom stereocenters. The molecule has 0 spiro atoms. The van der Waals surface area contributed by atoms with Gasteiger partial charge in [-0.2, -0.15) is 4.31 Å². The van der Waals surface area contributed by atoms with Gasteiger partial charge in [0.2, 0.25) is 28.6 Å². The van der Waals surface area contributed by atoms with Crippen LogP contribution >= 0.6 is 11.6 Å². The molecule has 2 aromatic rings. The van der Waals surface area contributed by atoms with Crippen molar-refractivity contribution in [1.82, 2.24) is 14.9 Å². The van der Waals surface area contributed by atoms with Gasteiger partial charge in [0, 0.05) is 25.6 Å². The highest BCUT2D eigenvalue weighted by atomic mass is 35.5. The summed E-state index contributed by atoms with van der Waals surface area (Å²) in [4.78, 5) is 25.0. The highest BCUT2D eigenvalue weighted by molar-refractivity contribution is 7.89. The van der Waals surface area contributed by atoms with Crippen molar-refractivity contribution in [3.63, 3.8) is 0 Å². The number of nitrogens with zero attached hydrogens (tertiary/aromatic N) is 1. The summed E-state index contributed by atoms with van der Waals surface area (Å²) in [5.74, 6) is 1.50. The van der Waals surface area contributed by atoms with Crippen molar-refractivity contribution < 1.29 is 32.6 Å². The van der Waals surface area contributed by atoms with E-state index in [9.17, 15) is 23.1 Å². The maximum Gasteiger partial charge on any atom is 0.243 e. The molecule has 0 aliphatic carbocycles. The van der Waals surface area contributed by atoms with Crippen LogP contribution in [0.3, 0.4) is 0 Å². The summed E-state index contributed by atoms with van der Waals surface area (Å²) in [6.07, 6.45) is 4.17. The van der Waals surface area contributed by atoms with Crippen LogP contribution < -0.4 is 20.1 Å². The zero-order chi connectivity index (χ0) is 29.3. The van der Waals surface area contributed by atoms with Gasteiger partial charge in [-0.05, 0) is 30.0 Å². The molecule has 3 rings (SSSR count). The molecule has 2 aromatic carbocycles. The zero-order valence-corrected chi connectivity index (χ0v) is 24.0. The molecule has 0 fully saturated rings. The monoisotopic (exact) mass is 591 g/mol. The number of halogens is 1. The Labute approximate surface area is 240 Å². The van der Waals surface area contributed by atoms with E-state index in [1.54, 1.807) is 0 Å². The predicted octanol–water partition coefficient (Wildman–Crippen LogP) is 1.90. The van der Waals surface area contributed by atoms with E-state index in [0.717, 1.165) is 5.56 Å². The molecule has 0 saturated carbocycles. The van der Waals surface area contributed by atoms with Gasteiger partial charge < -0.3 is 25.2 Å². The number of carbonyl (C=O) groups is 2. The largest absolute Gasteiger partial charge is 0.454 e. The molecule has 216 valence electrons. The van der Waals surface area contributed by atoms with Crippen molar-refractivity contribution in [2.45, 2.75) is 49.8 Å². The summed E-state index contributed by atoms with van der Waals surface area (Å²) < 4.78 is 39.2. The number of benzene rings is 2. The van der Waals surface area contributed by atoms with Crippen molar-refractivity contribution in [2.75, 3.05) is 25.8 Å². The summed E-state index contributed by atoms with van der Waals surface area (Å²) in [5.41, 5.74) is 0.805. The molecule has 0 bridgehead atoms. The van der Waals surface area contributed by atoms with Gasteiger partial charge in [0.05, 0.1) is 17.0 Å². The topological polar surface area (TPSA) is 134 Å². The standard InChI is InChI=1S/C28H34ClN3O7S/c1-4-8-22(30-27(34)15-29)28(35)31-23(13-20-9-6-5-7-10-20)24(33)17-32(16-19(2)3)40(36,37)21-11-12-25-26(14-21)39-18-38-25/h1,5-7,9-12,14,19,22-24,33H,8,13,15-18H2,2-3H3,(H,30,34)(H,31,35)/t22-,23?,24?/m0/s1. The number of aliphatic hydroxyl groups excluding tert-OH is 1. The van der Waals surface area contributed by atoms with Crippen LogP contribution in [0.15, 0.2) is 53.4 Å². The molecule has 12 heteroatoms. The van der Waals surface area contributed by atoms with Crippen LogP contribution in [0, 0.1) is 18.3 Å². The molecule has 2 amide bonds. The van der Waals surface area contributed by atoms with Crippen molar-refractivity contribution in [1.29, 1.82) is 0 Å². The first-order valence-corrected chi connectivity index (χ1v) is 14.7. The predicted molar refractivity (Wildman–Crippen MR) is 150 cm³/mol. The molecule has 1 heterocycles. The average Bonchev–Trinajstić information content (AvgIpc) is 3.40. The second kappa shape index (κ2) is 14.4. The second-order valence-corrected chi connectivity index (χ2v) is 12.0. The maximum atomic E-state index is 13.7. The number of nitrogens with one attached hydrogen (secondary N) is 2. The zero-order valence-electron chi connectivity index (χ0n) is 22.4. The molecule has 10 nitrogen and oxygen atoms in total. The molecule has 0 saturated heterocycles. The Morgan fingerprint density at radius 3 is 2.45 bits per heavy atom. The fraction of sp³-hybridized carbons (Fsp3) is 0.429. The lowest BCUT2D eigenvalue weighted by Gasteiger charge is -2.31. The van der Waals surface area contributed by atoms with Gasteiger partial charge in [0.15, 0.2) is 11.5 Å². The van der Waals surface area contributed by atoms with Crippen molar-refractivity contribution in [3.05, 3.63) is 54.1 Å². The van der Waals surface area contributed by atoms with Gasteiger partial charge in [-0.1, -0.05) is 44.2 Å². The third kappa shape index (κ3) is 8.35. The number of sulfonamides is 1. The van der Waals surface area contributed by atoms with E-state index in [1.165, 1.54) is 22.5 Å². The molecular weight excluding hydrogens is 558 g/mol. The summed E-state index contributed by atoms with van der Waals surface area (Å²) in [6.45, 7) is 3.54. The van der Waals surface area contributed by atoms with E-state index in [-0.39, 0.29) is 49.4 Å². The van der Waals surface area contributed by atoms with Crippen LogP contribution in [0.5, 0.6) is 11.5 Å². The van der Waals surface area contributed by atoms with Crippen LogP contribution in [0.25, 0.3) is 0 Å². The molecule has 2 unspecified atom stereocenters. The first-order chi connectivity index (χ1) is 19.0. The number of hydrogen-bond acceptors (Lipinski definition) is 7. The van der Waals surface area contributed by atoms with Gasteiger partial charge >= 0.3 is 0 Å². The quantitative estimate of drug-likeness (QED) is 0.226. The molecule has 3 N–H and O–H groups in total. The van der Waals surface area contributed by atoms with E-state index in [4.69, 9.17) is 27.5 Å². The van der Waals surface area contributed by atoms with Crippen molar-refractivity contribution in [3.8, 4) is 23.8 Å². The average molecular weight is 592 g/mol. The van der Waals surface area contributed by atoms with Gasteiger partial charge in [0.25, 0.3) is 0 Å². The lowest BCUT2D eigenvalue weighted by atomic mass is 10.00.